The van der Waals surface area contributed by atoms with Crippen LogP contribution in [0.2, 0.25) is 0 Å². The fourth-order valence-electron chi connectivity index (χ4n) is 4.22. The van der Waals surface area contributed by atoms with Gasteiger partial charge in [-0.25, -0.2) is 0 Å². The molecule has 0 aromatic heterocycles. The van der Waals surface area contributed by atoms with Gasteiger partial charge in [0.15, 0.2) is 6.29 Å². The van der Waals surface area contributed by atoms with Crippen LogP contribution in [0.3, 0.4) is 0 Å². The van der Waals surface area contributed by atoms with Crippen molar-refractivity contribution < 1.29 is 19.0 Å². The summed E-state index contributed by atoms with van der Waals surface area (Å²) in [6, 6.07) is 9.86. The first-order valence-corrected chi connectivity index (χ1v) is 13.3. The van der Waals surface area contributed by atoms with Gasteiger partial charge in [0, 0.05) is 12.0 Å². The largest absolute Gasteiger partial charge is 0.463 e. The lowest BCUT2D eigenvalue weighted by molar-refractivity contribution is -0.148. The minimum Gasteiger partial charge on any atom is -0.463 e. The third kappa shape index (κ3) is 12.6. The fourth-order valence-corrected chi connectivity index (χ4v) is 4.22. The standard InChI is InChI=1S/C28H46O4/c1-2-3-4-5-6-7-8-9-10-11-12-13-14-15-19-22-27(29)30-23-26-24-31-28(32-26)25-20-17-16-18-21-25/h16-18,20-21,26,28H,2-15,19,22-24H2,1H3/t26-,28+/m0/s1. The van der Waals surface area contributed by atoms with Crippen molar-refractivity contribution in [2.24, 2.45) is 0 Å². The second-order valence-electron chi connectivity index (χ2n) is 9.22. The SMILES string of the molecule is CCCCCCCCCCCCCCCCCC(=O)OC[C@H]1CO[C@@H](c2ccccc2)O1. The molecule has 1 fully saturated rings. The maximum Gasteiger partial charge on any atom is 0.305 e. The van der Waals surface area contributed by atoms with E-state index in [0.717, 1.165) is 18.4 Å². The second kappa shape index (κ2) is 18.1. The Kier molecular flexibility index (Phi) is 15.2. The minimum absolute atomic E-state index is 0.119. The van der Waals surface area contributed by atoms with Crippen molar-refractivity contribution in [3.63, 3.8) is 0 Å². The Hall–Kier alpha value is -1.39. The molecular weight excluding hydrogens is 400 g/mol. The van der Waals surface area contributed by atoms with Gasteiger partial charge >= 0.3 is 5.97 Å². The molecule has 182 valence electrons. The first-order valence-electron chi connectivity index (χ1n) is 13.3. The molecule has 1 aromatic rings. The Balaban J connectivity index is 1.33. The number of unbranched alkanes of at least 4 members (excludes halogenated alkanes) is 14. The normalized spacial score (nSPS) is 18.2. The molecule has 0 spiro atoms. The van der Waals surface area contributed by atoms with Crippen LogP contribution in [0.1, 0.15) is 122 Å². The van der Waals surface area contributed by atoms with Crippen molar-refractivity contribution in [2.75, 3.05) is 13.2 Å². The molecule has 32 heavy (non-hydrogen) atoms. The summed E-state index contributed by atoms with van der Waals surface area (Å²) in [6.07, 6.45) is 19.9. The van der Waals surface area contributed by atoms with E-state index < -0.39 is 0 Å². The lowest BCUT2D eigenvalue weighted by atomic mass is 10.0. The molecule has 1 saturated heterocycles. The Morgan fingerprint density at radius 3 is 1.91 bits per heavy atom. The predicted octanol–water partition coefficient (Wildman–Crippen LogP) is 7.91. The molecule has 2 atom stereocenters. The summed E-state index contributed by atoms with van der Waals surface area (Å²) >= 11 is 0. The van der Waals surface area contributed by atoms with Gasteiger partial charge < -0.3 is 14.2 Å². The lowest BCUT2D eigenvalue weighted by Gasteiger charge is -2.12. The van der Waals surface area contributed by atoms with E-state index in [0.29, 0.717) is 13.0 Å². The summed E-state index contributed by atoms with van der Waals surface area (Å²) in [5.74, 6) is -0.119. The van der Waals surface area contributed by atoms with Crippen molar-refractivity contribution in [1.29, 1.82) is 0 Å². The van der Waals surface area contributed by atoms with Crippen LogP contribution >= 0.6 is 0 Å². The molecule has 0 N–H and O–H groups in total. The maximum absolute atomic E-state index is 12.0. The molecule has 0 bridgehead atoms. The summed E-state index contributed by atoms with van der Waals surface area (Å²) in [5.41, 5.74) is 0.999. The first kappa shape index (κ1) is 26.9. The van der Waals surface area contributed by atoms with Gasteiger partial charge in [0.05, 0.1) is 6.61 Å². The Morgan fingerprint density at radius 1 is 0.812 bits per heavy atom. The molecule has 2 rings (SSSR count). The zero-order valence-corrected chi connectivity index (χ0v) is 20.4. The average molecular weight is 447 g/mol. The van der Waals surface area contributed by atoms with E-state index in [4.69, 9.17) is 14.2 Å². The zero-order chi connectivity index (χ0) is 22.7. The molecule has 1 heterocycles. The molecule has 0 aliphatic carbocycles. The highest BCUT2D eigenvalue weighted by molar-refractivity contribution is 5.69. The van der Waals surface area contributed by atoms with Crippen LogP contribution in [0, 0.1) is 0 Å². The predicted molar refractivity (Wildman–Crippen MR) is 131 cm³/mol. The summed E-state index contributed by atoms with van der Waals surface area (Å²) in [4.78, 5) is 12.0. The van der Waals surface area contributed by atoms with E-state index in [-0.39, 0.29) is 25.0 Å². The molecule has 4 heteroatoms. The Labute approximate surface area is 196 Å². The molecule has 0 saturated carbocycles. The highest BCUT2D eigenvalue weighted by Gasteiger charge is 2.28. The monoisotopic (exact) mass is 446 g/mol. The van der Waals surface area contributed by atoms with Crippen LogP contribution in [0.15, 0.2) is 30.3 Å². The molecule has 1 aliphatic heterocycles. The van der Waals surface area contributed by atoms with E-state index in [9.17, 15) is 4.79 Å². The van der Waals surface area contributed by atoms with E-state index in [1.807, 2.05) is 30.3 Å². The van der Waals surface area contributed by atoms with Gasteiger partial charge in [-0.15, -0.1) is 0 Å². The summed E-state index contributed by atoms with van der Waals surface area (Å²) in [6.45, 7) is 3.02. The highest BCUT2D eigenvalue weighted by atomic mass is 16.7. The van der Waals surface area contributed by atoms with E-state index in [1.165, 1.54) is 83.5 Å². The molecule has 1 aliphatic rings. The van der Waals surface area contributed by atoms with Gasteiger partial charge in [0.1, 0.15) is 12.7 Å². The molecule has 0 unspecified atom stereocenters. The number of carbonyl (C=O) groups is 1. The lowest BCUT2D eigenvalue weighted by Crippen LogP contribution is -2.20. The topological polar surface area (TPSA) is 44.8 Å². The molecular formula is C28H46O4. The Bertz CT molecular complexity index is 574. The van der Waals surface area contributed by atoms with Crippen molar-refractivity contribution in [3.8, 4) is 0 Å². The first-order chi connectivity index (χ1) is 15.8. The van der Waals surface area contributed by atoms with Crippen LogP contribution < -0.4 is 0 Å². The van der Waals surface area contributed by atoms with Gasteiger partial charge in [-0.3, -0.25) is 4.79 Å². The zero-order valence-electron chi connectivity index (χ0n) is 20.4. The molecule has 0 amide bonds. The molecule has 0 radical (unpaired) electrons. The smallest absolute Gasteiger partial charge is 0.305 e. The van der Waals surface area contributed by atoms with Crippen molar-refractivity contribution in [2.45, 2.75) is 122 Å². The number of carbonyl (C=O) groups excluding carboxylic acids is 1. The highest BCUT2D eigenvalue weighted by Crippen LogP contribution is 2.26. The number of ether oxygens (including phenoxy) is 3. The second-order valence-corrected chi connectivity index (χ2v) is 9.22. The number of esters is 1. The molecule has 1 aromatic carbocycles. The quantitative estimate of drug-likeness (QED) is 0.160. The third-order valence-corrected chi connectivity index (χ3v) is 6.24. The van der Waals surface area contributed by atoms with Crippen molar-refractivity contribution >= 4 is 5.97 Å². The minimum atomic E-state index is -0.351. The van der Waals surface area contributed by atoms with Gasteiger partial charge in [-0.05, 0) is 6.42 Å². The van der Waals surface area contributed by atoms with Crippen LogP contribution in [-0.4, -0.2) is 25.3 Å². The van der Waals surface area contributed by atoms with Gasteiger partial charge in [-0.1, -0.05) is 127 Å². The Morgan fingerprint density at radius 2 is 1.34 bits per heavy atom. The number of hydrogen-bond acceptors (Lipinski definition) is 4. The molecule has 4 nitrogen and oxygen atoms in total. The number of rotatable bonds is 19. The third-order valence-electron chi connectivity index (χ3n) is 6.24. The van der Waals surface area contributed by atoms with Crippen molar-refractivity contribution in [1.82, 2.24) is 0 Å². The van der Waals surface area contributed by atoms with Gasteiger partial charge in [0.2, 0.25) is 0 Å². The summed E-state index contributed by atoms with van der Waals surface area (Å²) in [7, 11) is 0. The maximum atomic E-state index is 12.0. The van der Waals surface area contributed by atoms with Crippen molar-refractivity contribution in [3.05, 3.63) is 35.9 Å². The number of hydrogen-bond donors (Lipinski definition) is 0. The van der Waals surface area contributed by atoms with E-state index in [1.54, 1.807) is 0 Å². The van der Waals surface area contributed by atoms with Gasteiger partial charge in [-0.2, -0.15) is 0 Å². The number of benzene rings is 1. The van der Waals surface area contributed by atoms with Crippen LogP contribution in [0.25, 0.3) is 0 Å². The van der Waals surface area contributed by atoms with Crippen LogP contribution in [0.4, 0.5) is 0 Å². The van der Waals surface area contributed by atoms with E-state index >= 15 is 0 Å². The average Bonchev–Trinajstić information content (AvgIpc) is 3.30. The fraction of sp³-hybridized carbons (Fsp3) is 0.750. The summed E-state index contributed by atoms with van der Waals surface area (Å²) in [5, 5.41) is 0. The van der Waals surface area contributed by atoms with E-state index in [2.05, 4.69) is 6.92 Å². The van der Waals surface area contributed by atoms with Crippen LogP contribution in [0.5, 0.6) is 0 Å². The van der Waals surface area contributed by atoms with Crippen LogP contribution in [-0.2, 0) is 19.0 Å². The summed E-state index contributed by atoms with van der Waals surface area (Å²) < 4.78 is 16.9. The van der Waals surface area contributed by atoms with Gasteiger partial charge in [0.25, 0.3) is 0 Å².